The van der Waals surface area contributed by atoms with Crippen molar-refractivity contribution >= 4 is 5.91 Å². The zero-order valence-electron chi connectivity index (χ0n) is 12.0. The number of carbonyl (C=O) groups excluding carboxylic acids is 1. The average Bonchev–Trinajstić information content (AvgIpc) is 3.00. The van der Waals surface area contributed by atoms with Crippen LogP contribution in [0.15, 0.2) is 42.5 Å². The number of ether oxygens (including phenoxy) is 2. The van der Waals surface area contributed by atoms with Crippen molar-refractivity contribution in [2.75, 3.05) is 13.3 Å². The van der Waals surface area contributed by atoms with Crippen molar-refractivity contribution in [1.82, 2.24) is 5.32 Å². The fraction of sp³-hybridized carbons (Fsp3) is 0.235. The van der Waals surface area contributed by atoms with Crippen LogP contribution in [0.4, 0.5) is 4.39 Å². The Morgan fingerprint density at radius 1 is 1.14 bits per heavy atom. The average molecular weight is 301 g/mol. The minimum Gasteiger partial charge on any atom is -0.454 e. The second-order valence-electron chi connectivity index (χ2n) is 5.02. The van der Waals surface area contributed by atoms with Gasteiger partial charge in [0.05, 0.1) is 0 Å². The molecule has 5 heteroatoms. The Morgan fingerprint density at radius 2 is 1.95 bits per heavy atom. The van der Waals surface area contributed by atoms with Gasteiger partial charge in [-0.25, -0.2) is 4.39 Å². The highest BCUT2D eigenvalue weighted by Crippen LogP contribution is 2.32. The van der Waals surface area contributed by atoms with Crippen LogP contribution in [0.3, 0.4) is 0 Å². The third-order valence-corrected chi connectivity index (χ3v) is 3.50. The zero-order valence-corrected chi connectivity index (χ0v) is 12.0. The smallest absolute Gasteiger partial charge is 0.251 e. The molecule has 1 amide bonds. The fourth-order valence-corrected chi connectivity index (χ4v) is 2.32. The van der Waals surface area contributed by atoms with Gasteiger partial charge < -0.3 is 14.8 Å². The number of rotatable bonds is 5. The van der Waals surface area contributed by atoms with E-state index in [0.29, 0.717) is 42.0 Å². The van der Waals surface area contributed by atoms with Gasteiger partial charge in [0.2, 0.25) is 6.79 Å². The Balaban J connectivity index is 1.49. The fourth-order valence-electron chi connectivity index (χ4n) is 2.32. The van der Waals surface area contributed by atoms with Crippen molar-refractivity contribution in [1.29, 1.82) is 0 Å². The molecule has 0 fully saturated rings. The summed E-state index contributed by atoms with van der Waals surface area (Å²) in [5, 5.41) is 2.82. The van der Waals surface area contributed by atoms with Crippen LogP contribution in [0, 0.1) is 5.82 Å². The number of aryl methyl sites for hydroxylation is 1. The van der Waals surface area contributed by atoms with E-state index in [4.69, 9.17) is 9.47 Å². The van der Waals surface area contributed by atoms with E-state index in [2.05, 4.69) is 5.32 Å². The summed E-state index contributed by atoms with van der Waals surface area (Å²) in [6.07, 6.45) is 1.27. The molecule has 0 atom stereocenters. The van der Waals surface area contributed by atoms with Gasteiger partial charge in [0.1, 0.15) is 5.82 Å². The predicted octanol–water partition coefficient (Wildman–Crippen LogP) is 2.92. The number of hydrogen-bond acceptors (Lipinski definition) is 3. The van der Waals surface area contributed by atoms with Crippen LogP contribution in [0.5, 0.6) is 11.5 Å². The van der Waals surface area contributed by atoms with Crippen molar-refractivity contribution < 1.29 is 18.7 Å². The normalized spacial score (nSPS) is 12.2. The monoisotopic (exact) mass is 301 g/mol. The highest BCUT2D eigenvalue weighted by molar-refractivity contribution is 5.94. The molecule has 1 N–H and O–H groups in total. The summed E-state index contributed by atoms with van der Waals surface area (Å²) in [7, 11) is 0. The van der Waals surface area contributed by atoms with Gasteiger partial charge in [-0.05, 0) is 42.7 Å². The van der Waals surface area contributed by atoms with Crippen molar-refractivity contribution in [3.05, 3.63) is 59.4 Å². The first-order valence-corrected chi connectivity index (χ1v) is 7.15. The summed E-state index contributed by atoms with van der Waals surface area (Å²) >= 11 is 0. The molecule has 0 saturated heterocycles. The Labute approximate surface area is 127 Å². The molecule has 22 heavy (non-hydrogen) atoms. The Morgan fingerprint density at radius 3 is 2.82 bits per heavy atom. The molecule has 0 radical (unpaired) electrons. The molecule has 2 aromatic carbocycles. The van der Waals surface area contributed by atoms with E-state index in [1.165, 1.54) is 6.07 Å². The van der Waals surface area contributed by atoms with E-state index >= 15 is 0 Å². The van der Waals surface area contributed by atoms with Gasteiger partial charge in [-0.15, -0.1) is 0 Å². The lowest BCUT2D eigenvalue weighted by atomic mass is 10.1. The summed E-state index contributed by atoms with van der Waals surface area (Å²) in [4.78, 5) is 12.0. The van der Waals surface area contributed by atoms with Gasteiger partial charge >= 0.3 is 0 Å². The molecular weight excluding hydrogens is 285 g/mol. The Hall–Kier alpha value is -2.56. The highest BCUT2D eigenvalue weighted by atomic mass is 19.1. The first kappa shape index (κ1) is 14.4. The first-order chi connectivity index (χ1) is 10.7. The second-order valence-corrected chi connectivity index (χ2v) is 5.02. The van der Waals surface area contributed by atoms with E-state index in [0.717, 1.165) is 0 Å². The number of halogens is 1. The summed E-state index contributed by atoms with van der Waals surface area (Å²) < 4.78 is 23.9. The van der Waals surface area contributed by atoms with Gasteiger partial charge in [-0.2, -0.15) is 0 Å². The van der Waals surface area contributed by atoms with Crippen molar-refractivity contribution in [2.24, 2.45) is 0 Å². The number of benzene rings is 2. The van der Waals surface area contributed by atoms with Crippen LogP contribution in [0.25, 0.3) is 0 Å². The largest absolute Gasteiger partial charge is 0.454 e. The lowest BCUT2D eigenvalue weighted by Gasteiger charge is -2.06. The van der Waals surface area contributed by atoms with E-state index in [1.807, 2.05) is 6.07 Å². The number of carbonyl (C=O) groups is 1. The van der Waals surface area contributed by atoms with Crippen LogP contribution < -0.4 is 14.8 Å². The SMILES string of the molecule is O=C(NCCCc1ccccc1F)c1ccc2c(c1)OCO2. The van der Waals surface area contributed by atoms with Gasteiger partial charge in [0.15, 0.2) is 11.5 Å². The molecule has 0 aliphatic carbocycles. The maximum absolute atomic E-state index is 13.5. The van der Waals surface area contributed by atoms with E-state index < -0.39 is 0 Å². The number of fused-ring (bicyclic) bond motifs is 1. The highest BCUT2D eigenvalue weighted by Gasteiger charge is 2.15. The molecule has 1 heterocycles. The topological polar surface area (TPSA) is 47.6 Å². The van der Waals surface area contributed by atoms with E-state index in [9.17, 15) is 9.18 Å². The standard InChI is InChI=1S/C17H16FNO3/c18-14-6-2-1-4-12(14)5-3-9-19-17(20)13-7-8-15-16(10-13)22-11-21-15/h1-2,4,6-8,10H,3,5,9,11H2,(H,19,20). The molecule has 0 saturated carbocycles. The van der Waals surface area contributed by atoms with Gasteiger partial charge in [-0.1, -0.05) is 18.2 Å². The van der Waals surface area contributed by atoms with Gasteiger partial charge in [0, 0.05) is 12.1 Å². The Bertz CT molecular complexity index is 687. The van der Waals surface area contributed by atoms with Crippen LogP contribution in [0.2, 0.25) is 0 Å². The molecule has 2 aromatic rings. The molecule has 1 aliphatic rings. The molecule has 4 nitrogen and oxygen atoms in total. The van der Waals surface area contributed by atoms with Crippen molar-refractivity contribution in [3.63, 3.8) is 0 Å². The third kappa shape index (κ3) is 3.19. The Kier molecular flexibility index (Phi) is 4.23. The van der Waals surface area contributed by atoms with Crippen molar-refractivity contribution in [3.8, 4) is 11.5 Å². The number of nitrogens with one attached hydrogen (secondary N) is 1. The van der Waals surface area contributed by atoms with Crippen LogP contribution in [-0.4, -0.2) is 19.2 Å². The lowest BCUT2D eigenvalue weighted by Crippen LogP contribution is -2.24. The molecule has 0 unspecified atom stereocenters. The second kappa shape index (κ2) is 6.47. The van der Waals surface area contributed by atoms with Crippen molar-refractivity contribution in [2.45, 2.75) is 12.8 Å². The molecular formula is C17H16FNO3. The van der Waals surface area contributed by atoms with Crippen LogP contribution in [0.1, 0.15) is 22.3 Å². The van der Waals surface area contributed by atoms with Gasteiger partial charge in [0.25, 0.3) is 5.91 Å². The summed E-state index contributed by atoms with van der Waals surface area (Å²) in [5.41, 5.74) is 1.19. The van der Waals surface area contributed by atoms with Gasteiger partial charge in [-0.3, -0.25) is 4.79 Å². The zero-order chi connectivity index (χ0) is 15.4. The summed E-state index contributed by atoms with van der Waals surface area (Å²) in [6, 6.07) is 11.8. The summed E-state index contributed by atoms with van der Waals surface area (Å²) in [6.45, 7) is 0.671. The molecule has 3 rings (SSSR count). The third-order valence-electron chi connectivity index (χ3n) is 3.50. The molecule has 0 bridgehead atoms. The molecule has 114 valence electrons. The summed E-state index contributed by atoms with van der Waals surface area (Å²) in [5.74, 6) is 0.853. The first-order valence-electron chi connectivity index (χ1n) is 7.15. The number of amides is 1. The quantitative estimate of drug-likeness (QED) is 0.864. The maximum Gasteiger partial charge on any atom is 0.251 e. The lowest BCUT2D eigenvalue weighted by molar-refractivity contribution is 0.0952. The molecule has 0 aromatic heterocycles. The minimum absolute atomic E-state index is 0.174. The number of hydrogen-bond donors (Lipinski definition) is 1. The predicted molar refractivity (Wildman–Crippen MR) is 79.6 cm³/mol. The van der Waals surface area contributed by atoms with E-state index in [1.54, 1.807) is 30.3 Å². The molecule has 1 aliphatic heterocycles. The van der Waals surface area contributed by atoms with Crippen LogP contribution in [-0.2, 0) is 6.42 Å². The minimum atomic E-state index is -0.204. The maximum atomic E-state index is 13.5. The van der Waals surface area contributed by atoms with Crippen LogP contribution >= 0.6 is 0 Å². The van der Waals surface area contributed by atoms with E-state index in [-0.39, 0.29) is 18.5 Å². The molecule has 0 spiro atoms.